The molecule has 0 unspecified atom stereocenters. The van der Waals surface area contributed by atoms with Gasteiger partial charge in [0.2, 0.25) is 0 Å². The smallest absolute Gasteiger partial charge is 0.0601 e. The maximum absolute atomic E-state index is 5.57. The third-order valence-electron chi connectivity index (χ3n) is 2.38. The first-order valence-electron chi connectivity index (χ1n) is 4.46. The van der Waals surface area contributed by atoms with Crippen LogP contribution in [0.25, 0.3) is 0 Å². The van der Waals surface area contributed by atoms with Crippen LogP contribution in [0.5, 0.6) is 0 Å². The first-order valence-corrected chi connectivity index (χ1v) is 4.46. The quantitative estimate of drug-likeness (QED) is 0.588. The summed E-state index contributed by atoms with van der Waals surface area (Å²) in [5.41, 5.74) is 0. The molecule has 0 radical (unpaired) electrons. The van der Waals surface area contributed by atoms with E-state index in [-0.39, 0.29) is 0 Å². The lowest BCUT2D eigenvalue weighted by atomic mass is 10.00. The van der Waals surface area contributed by atoms with Gasteiger partial charge in [-0.1, -0.05) is 26.7 Å². The van der Waals surface area contributed by atoms with Crippen molar-refractivity contribution in [2.24, 2.45) is 5.92 Å². The van der Waals surface area contributed by atoms with Crippen molar-refractivity contribution in [3.8, 4) is 0 Å². The normalized spacial score (nSPS) is 33.0. The van der Waals surface area contributed by atoms with Gasteiger partial charge in [-0.25, -0.2) is 0 Å². The molecule has 2 atom stereocenters. The van der Waals surface area contributed by atoms with Crippen LogP contribution in [0, 0.1) is 5.92 Å². The van der Waals surface area contributed by atoms with Crippen molar-refractivity contribution in [3.05, 3.63) is 0 Å². The minimum atomic E-state index is 0.583. The highest BCUT2D eigenvalue weighted by Crippen LogP contribution is 2.23. The predicted molar refractivity (Wildman–Crippen MR) is 43.0 cm³/mol. The number of rotatable bonds is 3. The van der Waals surface area contributed by atoms with Crippen molar-refractivity contribution >= 4 is 0 Å². The SMILES string of the molecule is CCCC[C@H]1OCC[C@@H]1C. The summed E-state index contributed by atoms with van der Waals surface area (Å²) >= 11 is 0. The molecule has 60 valence electrons. The van der Waals surface area contributed by atoms with Crippen LogP contribution >= 0.6 is 0 Å². The monoisotopic (exact) mass is 142 g/mol. The number of hydrogen-bond acceptors (Lipinski definition) is 1. The number of unbranched alkanes of at least 4 members (excludes halogenated alkanes) is 1. The Morgan fingerprint density at radius 3 is 2.80 bits per heavy atom. The van der Waals surface area contributed by atoms with E-state index in [1.54, 1.807) is 0 Å². The van der Waals surface area contributed by atoms with Gasteiger partial charge in [-0.3, -0.25) is 0 Å². The van der Waals surface area contributed by atoms with Crippen LogP contribution in [-0.2, 0) is 4.74 Å². The lowest BCUT2D eigenvalue weighted by Crippen LogP contribution is -2.12. The van der Waals surface area contributed by atoms with Crippen LogP contribution in [0.4, 0.5) is 0 Å². The Bertz CT molecular complexity index is 90.7. The second-order valence-corrected chi connectivity index (χ2v) is 3.32. The molecule has 1 heterocycles. The molecular weight excluding hydrogens is 124 g/mol. The average molecular weight is 142 g/mol. The van der Waals surface area contributed by atoms with Crippen LogP contribution < -0.4 is 0 Å². The zero-order valence-electron chi connectivity index (χ0n) is 7.10. The van der Waals surface area contributed by atoms with Crippen LogP contribution in [0.2, 0.25) is 0 Å². The molecule has 0 aliphatic carbocycles. The van der Waals surface area contributed by atoms with Gasteiger partial charge in [-0.15, -0.1) is 0 Å². The van der Waals surface area contributed by atoms with Gasteiger partial charge in [-0.05, 0) is 18.8 Å². The Morgan fingerprint density at radius 2 is 2.30 bits per heavy atom. The maximum atomic E-state index is 5.57. The summed E-state index contributed by atoms with van der Waals surface area (Å²) in [7, 11) is 0. The third-order valence-corrected chi connectivity index (χ3v) is 2.38. The van der Waals surface area contributed by atoms with Crippen LogP contribution in [0.3, 0.4) is 0 Å². The fourth-order valence-electron chi connectivity index (χ4n) is 1.53. The Kier molecular flexibility index (Phi) is 3.20. The topological polar surface area (TPSA) is 9.23 Å². The lowest BCUT2D eigenvalue weighted by Gasteiger charge is -2.12. The summed E-state index contributed by atoms with van der Waals surface area (Å²) in [5.74, 6) is 0.812. The summed E-state index contributed by atoms with van der Waals surface area (Å²) < 4.78 is 5.57. The van der Waals surface area contributed by atoms with E-state index in [1.165, 1.54) is 25.7 Å². The van der Waals surface area contributed by atoms with Gasteiger partial charge in [0.1, 0.15) is 0 Å². The van der Waals surface area contributed by atoms with Gasteiger partial charge < -0.3 is 4.74 Å². The molecular formula is C9H18O. The van der Waals surface area contributed by atoms with Crippen molar-refractivity contribution < 1.29 is 4.74 Å². The van der Waals surface area contributed by atoms with Gasteiger partial charge in [-0.2, -0.15) is 0 Å². The summed E-state index contributed by atoms with van der Waals surface area (Å²) in [6, 6.07) is 0. The zero-order chi connectivity index (χ0) is 7.40. The summed E-state index contributed by atoms with van der Waals surface area (Å²) in [6.07, 6.45) is 5.76. The molecule has 0 saturated carbocycles. The minimum absolute atomic E-state index is 0.583. The second kappa shape index (κ2) is 3.97. The molecule has 0 aromatic heterocycles. The van der Waals surface area contributed by atoms with Crippen LogP contribution in [-0.4, -0.2) is 12.7 Å². The average Bonchev–Trinajstić information content (AvgIpc) is 2.31. The van der Waals surface area contributed by atoms with E-state index in [2.05, 4.69) is 13.8 Å². The molecule has 0 bridgehead atoms. The van der Waals surface area contributed by atoms with E-state index in [0.29, 0.717) is 6.10 Å². The van der Waals surface area contributed by atoms with Crippen molar-refractivity contribution in [2.75, 3.05) is 6.61 Å². The Morgan fingerprint density at radius 1 is 1.50 bits per heavy atom. The van der Waals surface area contributed by atoms with E-state index in [0.717, 1.165) is 12.5 Å². The van der Waals surface area contributed by atoms with E-state index >= 15 is 0 Å². The van der Waals surface area contributed by atoms with Crippen molar-refractivity contribution in [1.29, 1.82) is 0 Å². The highest BCUT2D eigenvalue weighted by atomic mass is 16.5. The molecule has 0 amide bonds. The highest BCUT2D eigenvalue weighted by molar-refractivity contribution is 4.71. The molecule has 0 aromatic carbocycles. The Labute approximate surface area is 63.8 Å². The third kappa shape index (κ3) is 1.98. The van der Waals surface area contributed by atoms with Crippen LogP contribution in [0.1, 0.15) is 39.5 Å². The first-order chi connectivity index (χ1) is 4.84. The summed E-state index contributed by atoms with van der Waals surface area (Å²) in [5, 5.41) is 0. The standard InChI is InChI=1S/C9H18O/c1-3-4-5-9-8(2)6-7-10-9/h8-9H,3-7H2,1-2H3/t8-,9+/m0/s1. The molecule has 1 rings (SSSR count). The van der Waals surface area contributed by atoms with Gasteiger partial charge in [0.15, 0.2) is 0 Å². The Hall–Kier alpha value is -0.0400. The largest absolute Gasteiger partial charge is 0.378 e. The van der Waals surface area contributed by atoms with E-state index in [9.17, 15) is 0 Å². The molecule has 10 heavy (non-hydrogen) atoms. The molecule has 1 nitrogen and oxygen atoms in total. The predicted octanol–water partition coefficient (Wildman–Crippen LogP) is 2.60. The fourth-order valence-corrected chi connectivity index (χ4v) is 1.53. The summed E-state index contributed by atoms with van der Waals surface area (Å²) in [4.78, 5) is 0. The molecule has 1 aliphatic heterocycles. The van der Waals surface area contributed by atoms with E-state index in [1.807, 2.05) is 0 Å². The lowest BCUT2D eigenvalue weighted by molar-refractivity contribution is 0.0852. The number of ether oxygens (including phenoxy) is 1. The molecule has 1 aliphatic rings. The Balaban J connectivity index is 2.14. The maximum Gasteiger partial charge on any atom is 0.0601 e. The van der Waals surface area contributed by atoms with Crippen molar-refractivity contribution in [1.82, 2.24) is 0 Å². The summed E-state index contributed by atoms with van der Waals surface area (Å²) in [6.45, 7) is 5.53. The molecule has 0 N–H and O–H groups in total. The van der Waals surface area contributed by atoms with Crippen LogP contribution in [0.15, 0.2) is 0 Å². The van der Waals surface area contributed by atoms with E-state index in [4.69, 9.17) is 4.74 Å². The van der Waals surface area contributed by atoms with Gasteiger partial charge in [0.05, 0.1) is 6.10 Å². The van der Waals surface area contributed by atoms with Crippen molar-refractivity contribution in [2.45, 2.75) is 45.6 Å². The molecule has 1 saturated heterocycles. The fraction of sp³-hybridized carbons (Fsp3) is 1.00. The van der Waals surface area contributed by atoms with Gasteiger partial charge in [0.25, 0.3) is 0 Å². The first kappa shape index (κ1) is 8.06. The highest BCUT2D eigenvalue weighted by Gasteiger charge is 2.22. The minimum Gasteiger partial charge on any atom is -0.378 e. The molecule has 1 fully saturated rings. The molecule has 1 heteroatoms. The van der Waals surface area contributed by atoms with Crippen molar-refractivity contribution in [3.63, 3.8) is 0 Å². The molecule has 0 spiro atoms. The number of hydrogen-bond donors (Lipinski definition) is 0. The zero-order valence-corrected chi connectivity index (χ0v) is 7.10. The van der Waals surface area contributed by atoms with E-state index < -0.39 is 0 Å². The van der Waals surface area contributed by atoms with Gasteiger partial charge in [0, 0.05) is 6.61 Å². The second-order valence-electron chi connectivity index (χ2n) is 3.32. The molecule has 0 aromatic rings. The van der Waals surface area contributed by atoms with Gasteiger partial charge >= 0.3 is 0 Å².